The lowest BCUT2D eigenvalue weighted by atomic mass is 10.0. The molecule has 1 N–H and O–H groups in total. The van der Waals surface area contributed by atoms with Crippen molar-refractivity contribution in [3.63, 3.8) is 0 Å². The Bertz CT molecular complexity index is 1480. The van der Waals surface area contributed by atoms with E-state index in [1.165, 1.54) is 0 Å². The molecule has 136 valence electrons. The third-order valence-electron chi connectivity index (χ3n) is 5.27. The molecule has 0 fully saturated rings. The van der Waals surface area contributed by atoms with E-state index in [9.17, 15) is 0 Å². The van der Waals surface area contributed by atoms with E-state index < -0.39 is 0 Å². The molecule has 0 saturated heterocycles. The highest BCUT2D eigenvalue weighted by Gasteiger charge is 2.17. The van der Waals surface area contributed by atoms with Crippen molar-refractivity contribution in [2.75, 3.05) is 0 Å². The maximum Gasteiger partial charge on any atom is 0.141 e. The van der Waals surface area contributed by atoms with Crippen LogP contribution in [0.5, 0.6) is 0 Å². The van der Waals surface area contributed by atoms with Gasteiger partial charge in [-0.05, 0) is 29.7 Å². The van der Waals surface area contributed by atoms with E-state index in [0.717, 1.165) is 55.5 Å². The van der Waals surface area contributed by atoms with E-state index in [-0.39, 0.29) is 0 Å². The summed E-state index contributed by atoms with van der Waals surface area (Å²) >= 11 is 0. The van der Waals surface area contributed by atoms with Crippen LogP contribution in [0.25, 0.3) is 55.5 Å². The van der Waals surface area contributed by atoms with Gasteiger partial charge in [-0.1, -0.05) is 60.7 Å². The number of nitrogens with zero attached hydrogens (tertiary/aromatic N) is 3. The summed E-state index contributed by atoms with van der Waals surface area (Å²) in [6.07, 6.45) is 1.91. The number of hydrogen-bond acceptors (Lipinski definition) is 3. The number of aromatic amines is 1. The largest absolute Gasteiger partial charge is 0.338 e. The standard InChI is InChI=1S/C25H16N4/c1-3-9-18-17(8-1)15-26-24(22-14-13-16-7-2-4-10-19(16)27-22)23(18)25-28-20-11-5-6-12-21(20)29-25/h1-15H,(H,28,29). The van der Waals surface area contributed by atoms with Crippen LogP contribution in [0.2, 0.25) is 0 Å². The topological polar surface area (TPSA) is 54.5 Å². The Labute approximate surface area is 166 Å². The summed E-state index contributed by atoms with van der Waals surface area (Å²) in [6, 6.07) is 28.6. The predicted octanol–water partition coefficient (Wildman–Crippen LogP) is 5.99. The lowest BCUT2D eigenvalue weighted by Crippen LogP contribution is -1.95. The first-order valence-corrected chi connectivity index (χ1v) is 9.56. The molecule has 29 heavy (non-hydrogen) atoms. The Morgan fingerprint density at radius 2 is 1.38 bits per heavy atom. The molecule has 0 aliphatic carbocycles. The van der Waals surface area contributed by atoms with Crippen molar-refractivity contribution in [2.24, 2.45) is 0 Å². The average Bonchev–Trinajstić information content (AvgIpc) is 3.22. The fourth-order valence-corrected chi connectivity index (χ4v) is 3.87. The van der Waals surface area contributed by atoms with Gasteiger partial charge in [0.05, 0.1) is 27.8 Å². The summed E-state index contributed by atoms with van der Waals surface area (Å²) < 4.78 is 0. The van der Waals surface area contributed by atoms with E-state index in [1.807, 2.05) is 66.9 Å². The van der Waals surface area contributed by atoms with Gasteiger partial charge in [-0.2, -0.15) is 0 Å². The van der Waals surface area contributed by atoms with Crippen LogP contribution in [0.15, 0.2) is 91.1 Å². The van der Waals surface area contributed by atoms with Crippen molar-refractivity contribution in [1.29, 1.82) is 0 Å². The van der Waals surface area contributed by atoms with Gasteiger partial charge in [-0.15, -0.1) is 0 Å². The van der Waals surface area contributed by atoms with E-state index in [1.54, 1.807) is 0 Å². The lowest BCUT2D eigenvalue weighted by Gasteiger charge is -2.11. The van der Waals surface area contributed by atoms with Crippen LogP contribution in [-0.4, -0.2) is 19.9 Å². The Balaban J connectivity index is 1.68. The minimum absolute atomic E-state index is 0.806. The molecule has 0 aliphatic heterocycles. The maximum absolute atomic E-state index is 4.89. The Hall–Kier alpha value is -4.05. The first-order chi connectivity index (χ1) is 14.4. The van der Waals surface area contributed by atoms with E-state index >= 15 is 0 Å². The van der Waals surface area contributed by atoms with Gasteiger partial charge in [-0.25, -0.2) is 9.97 Å². The van der Waals surface area contributed by atoms with Crippen molar-refractivity contribution in [1.82, 2.24) is 19.9 Å². The SMILES string of the molecule is c1ccc2nc(-c3ncc4ccccc4c3-c3nc4ccccc4[nH]3)ccc2c1. The van der Waals surface area contributed by atoms with Gasteiger partial charge in [0.15, 0.2) is 0 Å². The van der Waals surface area contributed by atoms with E-state index in [2.05, 4.69) is 29.2 Å². The first-order valence-electron chi connectivity index (χ1n) is 9.56. The number of aromatic nitrogens is 4. The molecule has 0 radical (unpaired) electrons. The zero-order valence-electron chi connectivity index (χ0n) is 15.5. The Morgan fingerprint density at radius 3 is 2.28 bits per heavy atom. The Morgan fingerprint density at radius 1 is 0.621 bits per heavy atom. The number of hydrogen-bond donors (Lipinski definition) is 1. The molecule has 4 heteroatoms. The number of para-hydroxylation sites is 3. The van der Waals surface area contributed by atoms with Crippen LogP contribution in [0.4, 0.5) is 0 Å². The van der Waals surface area contributed by atoms with Gasteiger partial charge in [0.2, 0.25) is 0 Å². The second-order valence-corrected chi connectivity index (χ2v) is 7.06. The second kappa shape index (κ2) is 6.24. The van der Waals surface area contributed by atoms with Crippen LogP contribution < -0.4 is 0 Å². The predicted molar refractivity (Wildman–Crippen MR) is 118 cm³/mol. The van der Waals surface area contributed by atoms with Gasteiger partial charge in [0.1, 0.15) is 11.5 Å². The lowest BCUT2D eigenvalue weighted by molar-refractivity contribution is 1.26. The van der Waals surface area contributed by atoms with Crippen molar-refractivity contribution < 1.29 is 0 Å². The van der Waals surface area contributed by atoms with Crippen LogP contribution in [-0.2, 0) is 0 Å². The third-order valence-corrected chi connectivity index (χ3v) is 5.27. The zero-order chi connectivity index (χ0) is 19.2. The number of rotatable bonds is 2. The molecule has 0 bridgehead atoms. The van der Waals surface area contributed by atoms with Crippen LogP contribution in [0, 0.1) is 0 Å². The quantitative estimate of drug-likeness (QED) is 0.406. The summed E-state index contributed by atoms with van der Waals surface area (Å²) in [7, 11) is 0. The molecule has 0 amide bonds. The highest BCUT2D eigenvalue weighted by molar-refractivity contribution is 6.02. The highest BCUT2D eigenvalue weighted by atomic mass is 14.9. The van der Waals surface area contributed by atoms with Gasteiger partial charge >= 0.3 is 0 Å². The number of pyridine rings is 2. The van der Waals surface area contributed by atoms with Crippen molar-refractivity contribution >= 4 is 32.7 Å². The molecule has 0 spiro atoms. The fraction of sp³-hybridized carbons (Fsp3) is 0. The van der Waals surface area contributed by atoms with Gasteiger partial charge in [-0.3, -0.25) is 4.98 Å². The van der Waals surface area contributed by atoms with Gasteiger partial charge in [0.25, 0.3) is 0 Å². The highest BCUT2D eigenvalue weighted by Crippen LogP contribution is 2.35. The monoisotopic (exact) mass is 372 g/mol. The van der Waals surface area contributed by atoms with Crippen molar-refractivity contribution in [2.45, 2.75) is 0 Å². The van der Waals surface area contributed by atoms with Crippen molar-refractivity contribution in [3.05, 3.63) is 91.1 Å². The number of H-pyrrole nitrogens is 1. The molecular weight excluding hydrogens is 356 g/mol. The smallest absolute Gasteiger partial charge is 0.141 e. The van der Waals surface area contributed by atoms with E-state index in [0.29, 0.717) is 0 Å². The molecule has 0 unspecified atom stereocenters. The van der Waals surface area contributed by atoms with Gasteiger partial charge in [0, 0.05) is 17.0 Å². The molecular formula is C25H16N4. The molecule has 3 aromatic heterocycles. The molecule has 0 atom stereocenters. The normalized spacial score (nSPS) is 11.4. The summed E-state index contributed by atoms with van der Waals surface area (Å²) in [5, 5.41) is 3.29. The summed E-state index contributed by atoms with van der Waals surface area (Å²) in [5.74, 6) is 0.806. The molecule has 6 aromatic rings. The fourth-order valence-electron chi connectivity index (χ4n) is 3.87. The third kappa shape index (κ3) is 2.57. The molecule has 3 heterocycles. The number of nitrogens with one attached hydrogen (secondary N) is 1. The zero-order valence-corrected chi connectivity index (χ0v) is 15.5. The molecule has 4 nitrogen and oxygen atoms in total. The van der Waals surface area contributed by atoms with Crippen LogP contribution in [0.3, 0.4) is 0 Å². The van der Waals surface area contributed by atoms with Crippen LogP contribution >= 0.6 is 0 Å². The second-order valence-electron chi connectivity index (χ2n) is 7.06. The number of fused-ring (bicyclic) bond motifs is 3. The first kappa shape index (κ1) is 16.0. The number of imidazole rings is 1. The summed E-state index contributed by atoms with van der Waals surface area (Å²) in [6.45, 7) is 0. The molecule has 0 aliphatic rings. The Kier molecular flexibility index (Phi) is 3.43. The van der Waals surface area contributed by atoms with E-state index in [4.69, 9.17) is 15.0 Å². The summed E-state index contributed by atoms with van der Waals surface area (Å²) in [4.78, 5) is 18.0. The average molecular weight is 372 g/mol. The molecule has 0 saturated carbocycles. The number of benzene rings is 3. The molecule has 3 aromatic carbocycles. The summed E-state index contributed by atoms with van der Waals surface area (Å²) in [5.41, 5.74) is 5.54. The van der Waals surface area contributed by atoms with Crippen LogP contribution in [0.1, 0.15) is 0 Å². The van der Waals surface area contributed by atoms with Crippen molar-refractivity contribution in [3.8, 4) is 22.8 Å². The minimum atomic E-state index is 0.806. The maximum atomic E-state index is 4.89. The minimum Gasteiger partial charge on any atom is -0.338 e. The molecule has 6 rings (SSSR count). The van der Waals surface area contributed by atoms with Gasteiger partial charge < -0.3 is 4.98 Å².